The van der Waals surface area contributed by atoms with Gasteiger partial charge in [0, 0.05) is 45.1 Å². The number of ether oxygens (including phenoxy) is 2. The van der Waals surface area contributed by atoms with Gasteiger partial charge in [-0.25, -0.2) is 4.98 Å². The minimum absolute atomic E-state index is 0.0793. The number of nitrogens with one attached hydrogen (secondary N) is 1. The van der Waals surface area contributed by atoms with Gasteiger partial charge in [-0.15, -0.1) is 0 Å². The van der Waals surface area contributed by atoms with Crippen molar-refractivity contribution in [3.8, 4) is 5.75 Å². The summed E-state index contributed by atoms with van der Waals surface area (Å²) in [6.45, 7) is 6.22. The van der Waals surface area contributed by atoms with E-state index in [1.54, 1.807) is 7.11 Å². The molecule has 5 heterocycles. The van der Waals surface area contributed by atoms with E-state index in [-0.39, 0.29) is 11.5 Å². The maximum atomic E-state index is 13.4. The van der Waals surface area contributed by atoms with Gasteiger partial charge in [0.25, 0.3) is 5.56 Å². The molecule has 0 spiro atoms. The normalized spacial score (nSPS) is 19.3. The van der Waals surface area contributed by atoms with Gasteiger partial charge >= 0.3 is 0 Å². The molecule has 1 aromatic carbocycles. The Kier molecular flexibility index (Phi) is 6.16. The second-order valence-corrected chi connectivity index (χ2v) is 9.94. The fraction of sp³-hybridized carbons (Fsp3) is 0.519. The molecular weight excluding hydrogens is 442 g/mol. The highest BCUT2D eigenvalue weighted by Crippen LogP contribution is 2.34. The summed E-state index contributed by atoms with van der Waals surface area (Å²) in [6, 6.07) is 5.99. The molecule has 0 saturated carbocycles. The molecule has 6 rings (SSSR count). The molecule has 8 nitrogen and oxygen atoms in total. The minimum Gasteiger partial charge on any atom is -0.497 e. The molecule has 1 N–H and O–H groups in total. The van der Waals surface area contributed by atoms with Crippen LogP contribution < -0.4 is 15.2 Å². The first-order chi connectivity index (χ1) is 17.2. The number of pyridine rings is 1. The number of aromatic amines is 1. The summed E-state index contributed by atoms with van der Waals surface area (Å²) in [5, 5.41) is 0.677. The predicted octanol–water partition coefficient (Wildman–Crippen LogP) is 3.38. The summed E-state index contributed by atoms with van der Waals surface area (Å²) in [6.07, 6.45) is 7.20. The van der Waals surface area contributed by atoms with Crippen molar-refractivity contribution in [3.05, 3.63) is 57.1 Å². The second kappa shape index (κ2) is 9.59. The van der Waals surface area contributed by atoms with E-state index in [9.17, 15) is 4.79 Å². The summed E-state index contributed by atoms with van der Waals surface area (Å²) in [5.41, 5.74) is 5.47. The van der Waals surface area contributed by atoms with Crippen LogP contribution in [-0.4, -0.2) is 59.8 Å². The molecule has 3 aliphatic heterocycles. The molecule has 0 aliphatic carbocycles. The topological polar surface area (TPSA) is 83.6 Å². The highest BCUT2D eigenvalue weighted by molar-refractivity contribution is 5.84. The molecule has 2 saturated heterocycles. The van der Waals surface area contributed by atoms with Gasteiger partial charge in [0.05, 0.1) is 23.7 Å². The zero-order valence-corrected chi connectivity index (χ0v) is 20.4. The smallest absolute Gasteiger partial charge is 0.260 e. The lowest BCUT2D eigenvalue weighted by atomic mass is 9.89. The van der Waals surface area contributed by atoms with Gasteiger partial charge in [-0.2, -0.15) is 0 Å². The summed E-state index contributed by atoms with van der Waals surface area (Å²) < 4.78 is 11.1. The number of aromatic nitrogens is 3. The van der Waals surface area contributed by atoms with Crippen LogP contribution in [0.25, 0.3) is 10.9 Å². The predicted molar refractivity (Wildman–Crippen MR) is 135 cm³/mol. The van der Waals surface area contributed by atoms with Crippen LogP contribution in [0.4, 0.5) is 5.95 Å². The molecule has 35 heavy (non-hydrogen) atoms. The fourth-order valence-electron chi connectivity index (χ4n) is 5.90. The summed E-state index contributed by atoms with van der Waals surface area (Å²) in [5.74, 6) is 1.64. The van der Waals surface area contributed by atoms with E-state index in [0.29, 0.717) is 30.1 Å². The van der Waals surface area contributed by atoms with Gasteiger partial charge < -0.3 is 14.4 Å². The standard InChI is InChI=1S/C27H33N5O3/c1-34-20-14-22(18-6-12-35-13-7-18)25-23(15-20)29-27(30-26(25)33)32-11-5-21-19(16-32)4-8-28-24(21)17-31-9-2-3-10-31/h4,8,14-15,18H,2-3,5-7,9-13,16-17H2,1H3,(H,29,30,33). The largest absolute Gasteiger partial charge is 0.497 e. The minimum atomic E-state index is -0.0793. The van der Waals surface area contributed by atoms with Crippen LogP contribution in [0.2, 0.25) is 0 Å². The molecule has 2 aromatic heterocycles. The maximum absolute atomic E-state index is 13.4. The molecule has 184 valence electrons. The zero-order chi connectivity index (χ0) is 23.8. The van der Waals surface area contributed by atoms with Crippen molar-refractivity contribution in [2.24, 2.45) is 0 Å². The van der Waals surface area contributed by atoms with Gasteiger partial charge in [-0.05, 0) is 79.9 Å². The lowest BCUT2D eigenvalue weighted by Crippen LogP contribution is -2.34. The van der Waals surface area contributed by atoms with E-state index in [4.69, 9.17) is 19.4 Å². The highest BCUT2D eigenvalue weighted by atomic mass is 16.5. The maximum Gasteiger partial charge on any atom is 0.260 e. The molecule has 0 amide bonds. The SMILES string of the molecule is COc1cc(C2CCOCC2)c2c(=O)[nH]c(N3CCc4c(ccnc4CN4CCCC4)C3)nc2c1. The van der Waals surface area contributed by atoms with Crippen LogP contribution in [0.1, 0.15) is 54.0 Å². The summed E-state index contributed by atoms with van der Waals surface area (Å²) in [7, 11) is 1.67. The third kappa shape index (κ3) is 4.41. The number of hydrogen-bond acceptors (Lipinski definition) is 7. The molecule has 0 unspecified atom stereocenters. The van der Waals surface area contributed by atoms with E-state index < -0.39 is 0 Å². The van der Waals surface area contributed by atoms with E-state index in [1.807, 2.05) is 18.3 Å². The number of fused-ring (bicyclic) bond motifs is 2. The van der Waals surface area contributed by atoms with E-state index in [2.05, 4.69) is 20.9 Å². The lowest BCUT2D eigenvalue weighted by molar-refractivity contribution is 0.0855. The van der Waals surface area contributed by atoms with Crippen molar-refractivity contribution in [2.75, 3.05) is 44.9 Å². The molecule has 0 bridgehead atoms. The molecule has 0 radical (unpaired) electrons. The van der Waals surface area contributed by atoms with Crippen LogP contribution in [0.3, 0.4) is 0 Å². The Balaban J connectivity index is 1.32. The number of H-pyrrole nitrogens is 1. The first-order valence-electron chi connectivity index (χ1n) is 12.8. The first kappa shape index (κ1) is 22.5. The van der Waals surface area contributed by atoms with Gasteiger partial charge in [-0.3, -0.25) is 19.7 Å². The quantitative estimate of drug-likeness (QED) is 0.606. The Morgan fingerprint density at radius 3 is 2.80 bits per heavy atom. The van der Waals surface area contributed by atoms with Crippen molar-refractivity contribution >= 4 is 16.9 Å². The van der Waals surface area contributed by atoms with Crippen LogP contribution in [0.15, 0.2) is 29.2 Å². The Bertz CT molecular complexity index is 1280. The Hall–Kier alpha value is -2.97. The monoisotopic (exact) mass is 475 g/mol. The Morgan fingerprint density at radius 1 is 1.17 bits per heavy atom. The first-order valence-corrected chi connectivity index (χ1v) is 12.8. The van der Waals surface area contributed by atoms with Gasteiger partial charge in [0.1, 0.15) is 5.75 Å². The number of methoxy groups -OCH3 is 1. The summed E-state index contributed by atoms with van der Waals surface area (Å²) in [4.78, 5) is 30.8. The lowest BCUT2D eigenvalue weighted by Gasteiger charge is -2.31. The van der Waals surface area contributed by atoms with Crippen molar-refractivity contribution in [1.82, 2.24) is 19.9 Å². The van der Waals surface area contributed by atoms with Crippen LogP contribution >= 0.6 is 0 Å². The van der Waals surface area contributed by atoms with Crippen molar-refractivity contribution < 1.29 is 9.47 Å². The summed E-state index contributed by atoms with van der Waals surface area (Å²) >= 11 is 0. The molecular formula is C27H33N5O3. The zero-order valence-electron chi connectivity index (χ0n) is 20.4. The molecule has 8 heteroatoms. The van der Waals surface area contributed by atoms with Gasteiger partial charge in [0.2, 0.25) is 5.95 Å². The number of benzene rings is 1. The number of anilines is 1. The average molecular weight is 476 g/mol. The van der Waals surface area contributed by atoms with E-state index in [0.717, 1.165) is 50.2 Å². The van der Waals surface area contributed by atoms with Crippen LogP contribution in [0.5, 0.6) is 5.75 Å². The van der Waals surface area contributed by atoms with Crippen LogP contribution in [0, 0.1) is 0 Å². The molecule has 2 fully saturated rings. The highest BCUT2D eigenvalue weighted by Gasteiger charge is 2.25. The number of hydrogen-bond donors (Lipinski definition) is 1. The van der Waals surface area contributed by atoms with Crippen molar-refractivity contribution in [1.29, 1.82) is 0 Å². The third-order valence-corrected chi connectivity index (χ3v) is 7.80. The van der Waals surface area contributed by atoms with Gasteiger partial charge in [0.15, 0.2) is 0 Å². The van der Waals surface area contributed by atoms with E-state index in [1.165, 1.54) is 42.8 Å². The number of rotatable bonds is 5. The van der Waals surface area contributed by atoms with Crippen LogP contribution in [-0.2, 0) is 24.2 Å². The Labute approximate surface area is 205 Å². The molecule has 3 aliphatic rings. The van der Waals surface area contributed by atoms with Crippen molar-refractivity contribution in [3.63, 3.8) is 0 Å². The number of likely N-dealkylation sites (tertiary alicyclic amines) is 1. The fourth-order valence-corrected chi connectivity index (χ4v) is 5.90. The average Bonchev–Trinajstić information content (AvgIpc) is 3.41. The number of nitrogens with zero attached hydrogens (tertiary/aromatic N) is 4. The van der Waals surface area contributed by atoms with E-state index >= 15 is 0 Å². The third-order valence-electron chi connectivity index (χ3n) is 7.80. The molecule has 0 atom stereocenters. The Morgan fingerprint density at radius 2 is 2.00 bits per heavy atom. The second-order valence-electron chi connectivity index (χ2n) is 9.94. The molecule has 3 aromatic rings. The van der Waals surface area contributed by atoms with Gasteiger partial charge in [-0.1, -0.05) is 0 Å². The van der Waals surface area contributed by atoms with Crippen molar-refractivity contribution in [2.45, 2.75) is 51.1 Å².